The Hall–Kier alpha value is -2.11. The summed E-state index contributed by atoms with van der Waals surface area (Å²) >= 11 is 0. The maximum Gasteiger partial charge on any atom is 0.273 e. The Morgan fingerprint density at radius 3 is 2.71 bits per heavy atom. The Morgan fingerprint density at radius 1 is 1.43 bits per heavy atom. The van der Waals surface area contributed by atoms with E-state index in [4.69, 9.17) is 4.74 Å². The zero-order chi connectivity index (χ0) is 15.6. The van der Waals surface area contributed by atoms with E-state index in [0.717, 1.165) is 12.8 Å². The Balaban J connectivity index is 2.42. The minimum Gasteiger partial charge on any atom is -0.478 e. The molecule has 114 valence electrons. The van der Waals surface area contributed by atoms with E-state index in [1.807, 2.05) is 13.8 Å². The lowest BCUT2D eigenvalue weighted by Crippen LogP contribution is -2.48. The van der Waals surface area contributed by atoms with Gasteiger partial charge in [-0.3, -0.25) is 14.9 Å². The third-order valence-electron chi connectivity index (χ3n) is 3.55. The number of anilines is 1. The lowest BCUT2D eigenvalue weighted by molar-refractivity contribution is -0.384. The highest BCUT2D eigenvalue weighted by Gasteiger charge is 2.36. The molecule has 0 bridgehead atoms. The monoisotopic (exact) mass is 292 g/mol. The number of non-ortho nitro benzene ring substituents is 1. The molecule has 1 aliphatic rings. The second-order valence-electron chi connectivity index (χ2n) is 5.54. The minimum atomic E-state index is -0.587. The van der Waals surface area contributed by atoms with Crippen LogP contribution in [-0.2, 0) is 4.79 Å². The Labute approximate surface area is 123 Å². The largest absolute Gasteiger partial charge is 0.478 e. The lowest BCUT2D eigenvalue weighted by Gasteiger charge is -2.35. The Kier molecular flexibility index (Phi) is 4.45. The van der Waals surface area contributed by atoms with Crippen molar-refractivity contribution >= 4 is 17.3 Å². The summed E-state index contributed by atoms with van der Waals surface area (Å²) in [5, 5.41) is 10.9. The van der Waals surface area contributed by atoms with Crippen LogP contribution in [0.1, 0.15) is 33.6 Å². The standard InChI is InChI=1S/C15H20N2O4/c1-4-5-8-16-12-7-6-11(17(19)20)9-13(12)21-14(10(2)3)15(16)18/h6-7,9-10,14H,4-5,8H2,1-3H3. The molecule has 0 aliphatic carbocycles. The van der Waals surface area contributed by atoms with E-state index < -0.39 is 11.0 Å². The lowest BCUT2D eigenvalue weighted by atomic mass is 10.0. The predicted molar refractivity (Wildman–Crippen MR) is 79.6 cm³/mol. The van der Waals surface area contributed by atoms with Crippen molar-refractivity contribution in [2.45, 2.75) is 39.7 Å². The van der Waals surface area contributed by atoms with E-state index in [0.29, 0.717) is 18.0 Å². The highest BCUT2D eigenvalue weighted by molar-refractivity contribution is 6.00. The van der Waals surface area contributed by atoms with Crippen LogP contribution in [0.4, 0.5) is 11.4 Å². The molecule has 1 aromatic rings. The number of carbonyl (C=O) groups is 1. The number of fused-ring (bicyclic) bond motifs is 1. The molecule has 0 saturated carbocycles. The smallest absolute Gasteiger partial charge is 0.273 e. The van der Waals surface area contributed by atoms with Gasteiger partial charge in [-0.05, 0) is 18.4 Å². The second kappa shape index (κ2) is 6.11. The van der Waals surface area contributed by atoms with Crippen LogP contribution in [0.15, 0.2) is 18.2 Å². The van der Waals surface area contributed by atoms with Gasteiger partial charge in [0, 0.05) is 12.6 Å². The molecular weight excluding hydrogens is 272 g/mol. The molecule has 1 amide bonds. The number of amides is 1. The molecular formula is C15H20N2O4. The van der Waals surface area contributed by atoms with Crippen LogP contribution < -0.4 is 9.64 Å². The number of rotatable bonds is 5. The normalized spacial score (nSPS) is 17.6. The molecule has 1 atom stereocenters. The summed E-state index contributed by atoms with van der Waals surface area (Å²) in [5.41, 5.74) is 0.594. The van der Waals surface area contributed by atoms with Crippen molar-refractivity contribution in [3.05, 3.63) is 28.3 Å². The predicted octanol–water partition coefficient (Wildman–Crippen LogP) is 3.14. The van der Waals surface area contributed by atoms with Crippen LogP contribution in [0.2, 0.25) is 0 Å². The number of benzene rings is 1. The molecule has 2 rings (SSSR count). The molecule has 0 aromatic heterocycles. The zero-order valence-corrected chi connectivity index (χ0v) is 12.5. The first kappa shape index (κ1) is 15.3. The van der Waals surface area contributed by atoms with Crippen molar-refractivity contribution in [1.82, 2.24) is 0 Å². The number of ether oxygens (including phenoxy) is 1. The first-order valence-electron chi connectivity index (χ1n) is 7.22. The van der Waals surface area contributed by atoms with Gasteiger partial charge in [0.1, 0.15) is 0 Å². The van der Waals surface area contributed by atoms with Gasteiger partial charge in [-0.25, -0.2) is 0 Å². The fraction of sp³-hybridized carbons (Fsp3) is 0.533. The average Bonchev–Trinajstić information content (AvgIpc) is 2.44. The number of carbonyl (C=O) groups excluding carboxylic acids is 1. The van der Waals surface area contributed by atoms with Crippen LogP contribution >= 0.6 is 0 Å². The quantitative estimate of drug-likeness (QED) is 0.617. The highest BCUT2D eigenvalue weighted by atomic mass is 16.6. The summed E-state index contributed by atoms with van der Waals surface area (Å²) in [7, 11) is 0. The van der Waals surface area contributed by atoms with E-state index in [9.17, 15) is 14.9 Å². The van der Waals surface area contributed by atoms with Crippen LogP contribution in [0.3, 0.4) is 0 Å². The molecule has 0 radical (unpaired) electrons. The average molecular weight is 292 g/mol. The minimum absolute atomic E-state index is 0.00837. The summed E-state index contributed by atoms with van der Waals surface area (Å²) < 4.78 is 5.71. The van der Waals surface area contributed by atoms with Gasteiger partial charge in [0.05, 0.1) is 16.7 Å². The summed E-state index contributed by atoms with van der Waals surface area (Å²) in [5.74, 6) is 0.354. The van der Waals surface area contributed by atoms with E-state index in [2.05, 4.69) is 6.92 Å². The fourth-order valence-corrected chi connectivity index (χ4v) is 2.36. The topological polar surface area (TPSA) is 72.7 Å². The number of nitro benzene ring substituents is 1. The number of hydrogen-bond acceptors (Lipinski definition) is 4. The zero-order valence-electron chi connectivity index (χ0n) is 12.5. The molecule has 0 fully saturated rings. The number of unbranched alkanes of at least 4 members (excludes halogenated alkanes) is 1. The van der Waals surface area contributed by atoms with E-state index in [-0.39, 0.29) is 17.5 Å². The van der Waals surface area contributed by atoms with Crippen molar-refractivity contribution in [2.24, 2.45) is 5.92 Å². The van der Waals surface area contributed by atoms with Crippen molar-refractivity contribution in [2.75, 3.05) is 11.4 Å². The van der Waals surface area contributed by atoms with Gasteiger partial charge >= 0.3 is 0 Å². The number of nitrogens with zero attached hydrogens (tertiary/aromatic N) is 2. The molecule has 0 spiro atoms. The van der Waals surface area contributed by atoms with Gasteiger partial charge in [0.2, 0.25) is 0 Å². The first-order chi connectivity index (χ1) is 9.95. The van der Waals surface area contributed by atoms with Gasteiger partial charge in [-0.15, -0.1) is 0 Å². The van der Waals surface area contributed by atoms with E-state index in [1.165, 1.54) is 12.1 Å². The van der Waals surface area contributed by atoms with Gasteiger partial charge < -0.3 is 9.64 Å². The molecule has 6 nitrogen and oxygen atoms in total. The van der Waals surface area contributed by atoms with Gasteiger partial charge in [-0.2, -0.15) is 0 Å². The molecule has 6 heteroatoms. The van der Waals surface area contributed by atoms with Gasteiger partial charge in [0.25, 0.3) is 11.6 Å². The third-order valence-corrected chi connectivity index (χ3v) is 3.55. The van der Waals surface area contributed by atoms with Crippen molar-refractivity contribution in [3.8, 4) is 5.75 Å². The van der Waals surface area contributed by atoms with Crippen molar-refractivity contribution in [3.63, 3.8) is 0 Å². The molecule has 1 unspecified atom stereocenters. The molecule has 21 heavy (non-hydrogen) atoms. The number of nitro groups is 1. The van der Waals surface area contributed by atoms with E-state index in [1.54, 1.807) is 11.0 Å². The first-order valence-corrected chi connectivity index (χ1v) is 7.22. The summed E-state index contributed by atoms with van der Waals surface area (Å²) in [6, 6.07) is 4.40. The number of hydrogen-bond donors (Lipinski definition) is 0. The summed E-state index contributed by atoms with van der Waals surface area (Å²) in [4.78, 5) is 24.6. The molecule has 1 aromatic carbocycles. The Morgan fingerprint density at radius 2 is 2.14 bits per heavy atom. The van der Waals surface area contributed by atoms with Crippen LogP contribution in [0, 0.1) is 16.0 Å². The molecule has 0 N–H and O–H groups in total. The van der Waals surface area contributed by atoms with Crippen LogP contribution in [0.25, 0.3) is 0 Å². The molecule has 0 saturated heterocycles. The van der Waals surface area contributed by atoms with E-state index >= 15 is 0 Å². The fourth-order valence-electron chi connectivity index (χ4n) is 2.36. The van der Waals surface area contributed by atoms with Crippen molar-refractivity contribution < 1.29 is 14.5 Å². The van der Waals surface area contributed by atoms with Crippen LogP contribution in [0.5, 0.6) is 5.75 Å². The van der Waals surface area contributed by atoms with Crippen molar-refractivity contribution in [1.29, 1.82) is 0 Å². The highest BCUT2D eigenvalue weighted by Crippen LogP contribution is 2.38. The second-order valence-corrected chi connectivity index (χ2v) is 5.54. The maximum absolute atomic E-state index is 12.5. The van der Waals surface area contributed by atoms with Gasteiger partial charge in [0.15, 0.2) is 11.9 Å². The molecule has 1 aliphatic heterocycles. The Bertz CT molecular complexity index is 557. The summed E-state index contributed by atoms with van der Waals surface area (Å²) in [6.07, 6.45) is 1.27. The SMILES string of the molecule is CCCCN1C(=O)C(C(C)C)Oc2cc([N+](=O)[O-])ccc21. The molecule has 1 heterocycles. The maximum atomic E-state index is 12.5. The third kappa shape index (κ3) is 2.99. The van der Waals surface area contributed by atoms with Crippen LogP contribution in [-0.4, -0.2) is 23.5 Å². The van der Waals surface area contributed by atoms with Gasteiger partial charge in [-0.1, -0.05) is 27.2 Å². The summed E-state index contributed by atoms with van der Waals surface area (Å²) in [6.45, 7) is 6.47.